The summed E-state index contributed by atoms with van der Waals surface area (Å²) in [4.78, 5) is 0. The van der Waals surface area contributed by atoms with E-state index in [1.807, 2.05) is 0 Å². The molecule has 1 heterocycles. The van der Waals surface area contributed by atoms with Crippen molar-refractivity contribution in [2.45, 2.75) is 11.7 Å². The van der Waals surface area contributed by atoms with Gasteiger partial charge in [0.05, 0.1) is 26.9 Å². The maximum Gasteiger partial charge on any atom is 0.151 e. The highest BCUT2D eigenvalue weighted by Crippen LogP contribution is 2.17. The number of sulfone groups is 1. The summed E-state index contributed by atoms with van der Waals surface area (Å²) >= 11 is 0. The molecular formula is C4H7O5S2-. The van der Waals surface area contributed by atoms with Crippen LogP contribution >= 0.6 is 0 Å². The van der Waals surface area contributed by atoms with Crippen molar-refractivity contribution in [3.05, 3.63) is 0 Å². The number of rotatable bonds is 1. The molecule has 1 fully saturated rings. The average Bonchev–Trinajstić information content (AvgIpc) is 2.07. The van der Waals surface area contributed by atoms with Crippen molar-refractivity contribution in [3.8, 4) is 0 Å². The summed E-state index contributed by atoms with van der Waals surface area (Å²) in [5, 5.41) is -1.22. The van der Waals surface area contributed by atoms with Gasteiger partial charge in [-0.15, -0.1) is 0 Å². The van der Waals surface area contributed by atoms with Gasteiger partial charge < -0.3 is 4.55 Å². The quantitative estimate of drug-likeness (QED) is 0.490. The van der Waals surface area contributed by atoms with E-state index in [-0.39, 0.29) is 12.2 Å². The van der Waals surface area contributed by atoms with Crippen LogP contribution in [0.2, 0.25) is 0 Å². The Morgan fingerprint density at radius 1 is 1.36 bits per heavy atom. The van der Waals surface area contributed by atoms with E-state index >= 15 is 0 Å². The molecule has 0 amide bonds. The molecule has 7 heteroatoms. The standard InChI is InChI=1S/C4H8O5S2/c5-10(6)2-1-4(3-10)11(7,8)9/h4H,1-3H2,(H,7,8,9)/p-1/t4-/m0/s1. The molecule has 1 saturated heterocycles. The number of hydrogen-bond donors (Lipinski definition) is 0. The van der Waals surface area contributed by atoms with Crippen LogP contribution in [-0.4, -0.2) is 38.1 Å². The molecule has 1 aliphatic rings. The summed E-state index contributed by atoms with van der Waals surface area (Å²) in [5.74, 6) is -0.683. The van der Waals surface area contributed by atoms with E-state index in [2.05, 4.69) is 0 Å². The maximum atomic E-state index is 10.7. The van der Waals surface area contributed by atoms with E-state index in [1.54, 1.807) is 0 Å². The first kappa shape index (κ1) is 8.95. The third kappa shape index (κ3) is 2.14. The molecule has 0 aromatic carbocycles. The lowest BCUT2D eigenvalue weighted by Gasteiger charge is -2.11. The minimum Gasteiger partial charge on any atom is -0.748 e. The first-order valence-electron chi connectivity index (χ1n) is 2.96. The van der Waals surface area contributed by atoms with Crippen LogP contribution < -0.4 is 0 Å². The van der Waals surface area contributed by atoms with E-state index in [4.69, 9.17) is 0 Å². The van der Waals surface area contributed by atoms with E-state index < -0.39 is 31.0 Å². The Kier molecular flexibility index (Phi) is 1.97. The van der Waals surface area contributed by atoms with Gasteiger partial charge in [0.2, 0.25) is 0 Å². The predicted octanol–water partition coefficient (Wildman–Crippen LogP) is -1.28. The average molecular weight is 199 g/mol. The molecule has 0 spiro atoms. The Bertz CT molecular complexity index is 337. The van der Waals surface area contributed by atoms with Gasteiger partial charge in [0.1, 0.15) is 0 Å². The summed E-state index contributed by atoms with van der Waals surface area (Å²) in [6, 6.07) is 0. The highest BCUT2D eigenvalue weighted by atomic mass is 32.2. The molecule has 1 atom stereocenters. The molecule has 0 unspecified atom stereocenters. The molecule has 5 nitrogen and oxygen atoms in total. The lowest BCUT2D eigenvalue weighted by atomic mass is 10.4. The zero-order chi connectivity index (χ0) is 8.70. The number of hydrogen-bond acceptors (Lipinski definition) is 5. The summed E-state index contributed by atoms with van der Waals surface area (Å²) in [6.45, 7) is 0. The van der Waals surface area contributed by atoms with E-state index in [0.717, 1.165) is 0 Å². The second-order valence-corrected chi connectivity index (χ2v) is 6.40. The normalized spacial score (nSPS) is 30.5. The Balaban J connectivity index is 2.87. The van der Waals surface area contributed by atoms with E-state index in [9.17, 15) is 21.4 Å². The third-order valence-corrected chi connectivity index (χ3v) is 4.80. The second-order valence-electron chi connectivity index (χ2n) is 2.52. The lowest BCUT2D eigenvalue weighted by Crippen LogP contribution is -2.21. The van der Waals surface area contributed by atoms with Crippen molar-refractivity contribution >= 4 is 20.0 Å². The van der Waals surface area contributed by atoms with Gasteiger partial charge in [0.15, 0.2) is 9.84 Å². The summed E-state index contributed by atoms with van der Waals surface area (Å²) < 4.78 is 52.3. The van der Waals surface area contributed by atoms with Gasteiger partial charge in [0, 0.05) is 0 Å². The molecule has 0 saturated carbocycles. The molecule has 11 heavy (non-hydrogen) atoms. The molecule has 0 N–H and O–H groups in total. The zero-order valence-corrected chi connectivity index (χ0v) is 7.19. The molecule has 0 radical (unpaired) electrons. The molecule has 0 aromatic rings. The zero-order valence-electron chi connectivity index (χ0n) is 5.56. The largest absolute Gasteiger partial charge is 0.748 e. The summed E-state index contributed by atoms with van der Waals surface area (Å²) in [7, 11) is -7.66. The van der Waals surface area contributed by atoms with Crippen molar-refractivity contribution in [1.29, 1.82) is 0 Å². The summed E-state index contributed by atoms with van der Waals surface area (Å²) in [6.07, 6.45) is -0.0475. The van der Waals surface area contributed by atoms with E-state index in [0.29, 0.717) is 0 Å². The lowest BCUT2D eigenvalue weighted by molar-refractivity contribution is 0.451. The highest BCUT2D eigenvalue weighted by molar-refractivity contribution is 7.94. The van der Waals surface area contributed by atoms with Gasteiger partial charge in [-0.25, -0.2) is 16.8 Å². The first-order valence-corrected chi connectivity index (χ1v) is 6.26. The van der Waals surface area contributed by atoms with Gasteiger partial charge in [-0.3, -0.25) is 0 Å². The minimum absolute atomic E-state index is 0.0475. The van der Waals surface area contributed by atoms with Crippen molar-refractivity contribution in [2.24, 2.45) is 0 Å². The van der Waals surface area contributed by atoms with Crippen molar-refractivity contribution < 1.29 is 21.4 Å². The summed E-state index contributed by atoms with van der Waals surface area (Å²) in [5.41, 5.74) is 0. The predicted molar refractivity (Wildman–Crippen MR) is 36.8 cm³/mol. The third-order valence-electron chi connectivity index (χ3n) is 1.60. The van der Waals surface area contributed by atoms with Crippen LogP contribution in [0.25, 0.3) is 0 Å². The first-order chi connectivity index (χ1) is 4.81. The van der Waals surface area contributed by atoms with Gasteiger partial charge in [-0.2, -0.15) is 0 Å². The monoisotopic (exact) mass is 199 g/mol. The van der Waals surface area contributed by atoms with E-state index in [1.165, 1.54) is 0 Å². The maximum absolute atomic E-state index is 10.7. The molecule has 1 rings (SSSR count). The van der Waals surface area contributed by atoms with Crippen molar-refractivity contribution in [1.82, 2.24) is 0 Å². The van der Waals surface area contributed by atoms with Crippen LogP contribution in [-0.2, 0) is 20.0 Å². The molecule has 0 aromatic heterocycles. The Morgan fingerprint density at radius 3 is 2.09 bits per heavy atom. The van der Waals surface area contributed by atoms with Crippen LogP contribution in [0.1, 0.15) is 6.42 Å². The van der Waals surface area contributed by atoms with Gasteiger partial charge in [-0.1, -0.05) is 0 Å². The van der Waals surface area contributed by atoms with Crippen LogP contribution in [0.3, 0.4) is 0 Å². The topological polar surface area (TPSA) is 91.3 Å². The minimum atomic E-state index is -4.40. The fourth-order valence-corrected chi connectivity index (χ4v) is 4.38. The Hall–Kier alpha value is -0.140. The van der Waals surface area contributed by atoms with Crippen LogP contribution in [0.4, 0.5) is 0 Å². The molecule has 66 valence electrons. The molecular weight excluding hydrogens is 192 g/mol. The fraction of sp³-hybridized carbons (Fsp3) is 1.00. The SMILES string of the molecule is O=S1(=O)CC[C@H](S(=O)(=O)[O-])C1. The van der Waals surface area contributed by atoms with Gasteiger partial charge in [-0.05, 0) is 6.42 Å². The van der Waals surface area contributed by atoms with Crippen LogP contribution in [0, 0.1) is 0 Å². The molecule has 0 bridgehead atoms. The molecule has 1 aliphatic heterocycles. The highest BCUT2D eigenvalue weighted by Gasteiger charge is 2.31. The van der Waals surface area contributed by atoms with Crippen molar-refractivity contribution in [3.63, 3.8) is 0 Å². The Morgan fingerprint density at radius 2 is 1.91 bits per heavy atom. The second kappa shape index (κ2) is 2.43. The Labute approximate surface area is 65.1 Å². The van der Waals surface area contributed by atoms with Crippen LogP contribution in [0.15, 0.2) is 0 Å². The van der Waals surface area contributed by atoms with Crippen molar-refractivity contribution in [2.75, 3.05) is 11.5 Å². The van der Waals surface area contributed by atoms with Crippen LogP contribution in [0.5, 0.6) is 0 Å². The fourth-order valence-electron chi connectivity index (χ4n) is 0.989. The van der Waals surface area contributed by atoms with Gasteiger partial charge in [0.25, 0.3) is 0 Å². The smallest absolute Gasteiger partial charge is 0.151 e. The van der Waals surface area contributed by atoms with Gasteiger partial charge >= 0.3 is 0 Å². The molecule has 0 aliphatic carbocycles.